The smallest absolute Gasteiger partial charge is 0.128 e. The molecule has 3 rings (SSSR count). The summed E-state index contributed by atoms with van der Waals surface area (Å²) in [5.74, 6) is 0.700. The lowest BCUT2D eigenvalue weighted by Gasteiger charge is -2.30. The molecule has 0 fully saturated rings. The SMILES string of the molecule is Cc1ccc(C2C[C@@H](O)c3cc(Cl)ccc3O2)c(Br)c1. The van der Waals surface area contributed by atoms with Gasteiger partial charge in [0.2, 0.25) is 0 Å². The molecule has 1 N–H and O–H groups in total. The molecule has 0 radical (unpaired) electrons. The standard InChI is InChI=1S/C16H14BrClO2/c1-9-2-4-11(13(17)6-9)16-8-14(19)12-7-10(18)3-5-15(12)20-16/h2-7,14,16,19H,8H2,1H3/t14-,16?/m1/s1. The van der Waals surface area contributed by atoms with Gasteiger partial charge in [-0.3, -0.25) is 0 Å². The number of rotatable bonds is 1. The summed E-state index contributed by atoms with van der Waals surface area (Å²) in [6.07, 6.45) is -0.195. The number of fused-ring (bicyclic) bond motifs is 1. The van der Waals surface area contributed by atoms with E-state index in [1.54, 1.807) is 12.1 Å². The number of aliphatic hydroxyl groups is 1. The molecule has 2 aromatic rings. The summed E-state index contributed by atoms with van der Waals surface area (Å²) < 4.78 is 7.02. The van der Waals surface area contributed by atoms with Crippen LogP contribution in [0.1, 0.15) is 35.3 Å². The highest BCUT2D eigenvalue weighted by Gasteiger charge is 2.29. The Bertz CT molecular complexity index is 657. The van der Waals surface area contributed by atoms with Gasteiger partial charge < -0.3 is 9.84 Å². The second kappa shape index (κ2) is 5.40. The lowest BCUT2D eigenvalue weighted by molar-refractivity contribution is 0.0654. The summed E-state index contributed by atoms with van der Waals surface area (Å²) in [5, 5.41) is 10.9. The van der Waals surface area contributed by atoms with Crippen molar-refractivity contribution in [2.75, 3.05) is 0 Å². The third-order valence-corrected chi connectivity index (χ3v) is 4.46. The minimum atomic E-state index is -0.560. The van der Waals surface area contributed by atoms with Crippen LogP contribution in [-0.2, 0) is 0 Å². The zero-order chi connectivity index (χ0) is 14.3. The topological polar surface area (TPSA) is 29.5 Å². The molecule has 2 atom stereocenters. The number of benzene rings is 2. The molecule has 1 heterocycles. The normalized spacial score (nSPS) is 21.2. The van der Waals surface area contributed by atoms with E-state index in [9.17, 15) is 5.11 Å². The Morgan fingerprint density at radius 3 is 2.75 bits per heavy atom. The average molecular weight is 354 g/mol. The minimum Gasteiger partial charge on any atom is -0.485 e. The summed E-state index contributed by atoms with van der Waals surface area (Å²) in [7, 11) is 0. The van der Waals surface area contributed by atoms with Crippen LogP contribution in [0.15, 0.2) is 40.9 Å². The number of aliphatic hydroxyl groups excluding tert-OH is 1. The van der Waals surface area contributed by atoms with Gasteiger partial charge in [-0.05, 0) is 36.8 Å². The third-order valence-electron chi connectivity index (χ3n) is 3.54. The zero-order valence-electron chi connectivity index (χ0n) is 10.9. The van der Waals surface area contributed by atoms with E-state index in [4.69, 9.17) is 16.3 Å². The van der Waals surface area contributed by atoms with Crippen molar-refractivity contribution >= 4 is 27.5 Å². The monoisotopic (exact) mass is 352 g/mol. The van der Waals surface area contributed by atoms with Crippen molar-refractivity contribution in [3.63, 3.8) is 0 Å². The quantitative estimate of drug-likeness (QED) is 0.784. The predicted molar refractivity (Wildman–Crippen MR) is 83.3 cm³/mol. The van der Waals surface area contributed by atoms with Gasteiger partial charge in [0.25, 0.3) is 0 Å². The molecule has 2 nitrogen and oxygen atoms in total. The summed E-state index contributed by atoms with van der Waals surface area (Å²) in [5.41, 5.74) is 3.00. The molecule has 2 aromatic carbocycles. The van der Waals surface area contributed by atoms with Crippen molar-refractivity contribution < 1.29 is 9.84 Å². The van der Waals surface area contributed by atoms with Crippen molar-refractivity contribution in [3.8, 4) is 5.75 Å². The molecule has 0 saturated carbocycles. The van der Waals surface area contributed by atoms with Crippen LogP contribution < -0.4 is 4.74 Å². The molecule has 0 bridgehead atoms. The molecule has 1 unspecified atom stereocenters. The molecular formula is C16H14BrClO2. The lowest BCUT2D eigenvalue weighted by atomic mass is 9.94. The van der Waals surface area contributed by atoms with Gasteiger partial charge in [0.05, 0.1) is 6.10 Å². The molecule has 0 spiro atoms. The first-order valence-electron chi connectivity index (χ1n) is 6.45. The molecule has 104 valence electrons. The van der Waals surface area contributed by atoms with E-state index in [0.29, 0.717) is 17.2 Å². The van der Waals surface area contributed by atoms with E-state index in [1.165, 1.54) is 5.56 Å². The van der Waals surface area contributed by atoms with Crippen LogP contribution in [0.25, 0.3) is 0 Å². The number of aryl methyl sites for hydroxylation is 1. The second-order valence-electron chi connectivity index (χ2n) is 5.07. The van der Waals surface area contributed by atoms with E-state index in [-0.39, 0.29) is 6.10 Å². The van der Waals surface area contributed by atoms with Gasteiger partial charge in [0.15, 0.2) is 0 Å². The molecule has 0 amide bonds. The van der Waals surface area contributed by atoms with Crippen molar-refractivity contribution in [2.45, 2.75) is 25.6 Å². The molecule has 1 aliphatic heterocycles. The summed E-state index contributed by atoms with van der Waals surface area (Å²) in [4.78, 5) is 0. The fourth-order valence-electron chi connectivity index (χ4n) is 2.50. The first-order valence-corrected chi connectivity index (χ1v) is 7.62. The summed E-state index contributed by atoms with van der Waals surface area (Å²) >= 11 is 9.54. The first-order chi connectivity index (χ1) is 9.54. The summed E-state index contributed by atoms with van der Waals surface area (Å²) in [6, 6.07) is 11.5. The van der Waals surface area contributed by atoms with Crippen molar-refractivity contribution in [1.29, 1.82) is 0 Å². The van der Waals surface area contributed by atoms with Gasteiger partial charge in [0.1, 0.15) is 11.9 Å². The highest BCUT2D eigenvalue weighted by Crippen LogP contribution is 2.43. The Morgan fingerprint density at radius 1 is 1.20 bits per heavy atom. The fraction of sp³-hybridized carbons (Fsp3) is 0.250. The van der Waals surface area contributed by atoms with Crippen LogP contribution in [-0.4, -0.2) is 5.11 Å². The molecule has 1 aliphatic rings. The van der Waals surface area contributed by atoms with Crippen LogP contribution >= 0.6 is 27.5 Å². The Morgan fingerprint density at radius 2 is 2.00 bits per heavy atom. The van der Waals surface area contributed by atoms with Crippen LogP contribution in [0.2, 0.25) is 5.02 Å². The van der Waals surface area contributed by atoms with Gasteiger partial charge in [-0.25, -0.2) is 0 Å². The fourth-order valence-corrected chi connectivity index (χ4v) is 3.43. The maximum absolute atomic E-state index is 10.3. The minimum absolute atomic E-state index is 0.159. The van der Waals surface area contributed by atoms with Gasteiger partial charge >= 0.3 is 0 Å². The van der Waals surface area contributed by atoms with Crippen molar-refractivity contribution in [1.82, 2.24) is 0 Å². The highest BCUT2D eigenvalue weighted by atomic mass is 79.9. The van der Waals surface area contributed by atoms with E-state index in [2.05, 4.69) is 22.0 Å². The van der Waals surface area contributed by atoms with Crippen LogP contribution in [0.4, 0.5) is 0 Å². The second-order valence-corrected chi connectivity index (χ2v) is 6.36. The number of halogens is 2. The average Bonchev–Trinajstić information content (AvgIpc) is 2.39. The van der Waals surface area contributed by atoms with Crippen LogP contribution in [0, 0.1) is 6.92 Å². The van der Waals surface area contributed by atoms with Crippen molar-refractivity contribution in [2.24, 2.45) is 0 Å². The van der Waals surface area contributed by atoms with Crippen LogP contribution in [0.3, 0.4) is 0 Å². The Labute approximate surface area is 131 Å². The van der Waals surface area contributed by atoms with Crippen molar-refractivity contribution in [3.05, 3.63) is 62.6 Å². The van der Waals surface area contributed by atoms with E-state index in [1.807, 2.05) is 25.1 Å². The molecular weight excluding hydrogens is 340 g/mol. The lowest BCUT2D eigenvalue weighted by Crippen LogP contribution is -2.19. The molecule has 0 aromatic heterocycles. The van der Waals surface area contributed by atoms with E-state index in [0.717, 1.165) is 15.6 Å². The van der Waals surface area contributed by atoms with E-state index >= 15 is 0 Å². The number of hydrogen-bond acceptors (Lipinski definition) is 2. The number of hydrogen-bond donors (Lipinski definition) is 1. The predicted octanol–water partition coefficient (Wildman–Crippen LogP) is 4.97. The Hall–Kier alpha value is -1.03. The maximum atomic E-state index is 10.3. The van der Waals surface area contributed by atoms with Gasteiger partial charge in [-0.1, -0.05) is 39.7 Å². The third kappa shape index (κ3) is 2.58. The Balaban J connectivity index is 1.97. The summed E-state index contributed by atoms with van der Waals surface area (Å²) in [6.45, 7) is 2.04. The number of ether oxygens (including phenoxy) is 1. The maximum Gasteiger partial charge on any atom is 0.128 e. The van der Waals surface area contributed by atoms with Gasteiger partial charge in [-0.2, -0.15) is 0 Å². The van der Waals surface area contributed by atoms with Gasteiger partial charge in [-0.15, -0.1) is 0 Å². The van der Waals surface area contributed by atoms with Gasteiger partial charge in [0, 0.05) is 27.0 Å². The molecule has 20 heavy (non-hydrogen) atoms. The largest absolute Gasteiger partial charge is 0.485 e. The Kier molecular flexibility index (Phi) is 3.76. The molecule has 0 saturated heterocycles. The first kappa shape index (κ1) is 13.9. The highest BCUT2D eigenvalue weighted by molar-refractivity contribution is 9.10. The zero-order valence-corrected chi connectivity index (χ0v) is 13.3. The molecule has 4 heteroatoms. The van der Waals surface area contributed by atoms with Crippen LogP contribution in [0.5, 0.6) is 5.75 Å². The molecule has 0 aliphatic carbocycles. The van der Waals surface area contributed by atoms with E-state index < -0.39 is 6.10 Å².